The predicted octanol–water partition coefficient (Wildman–Crippen LogP) is 7.26. The Labute approximate surface area is 246 Å². The third-order valence-electron chi connectivity index (χ3n) is 7.46. The topological polar surface area (TPSA) is 92.0 Å². The van der Waals surface area contributed by atoms with Gasteiger partial charge in [0, 0.05) is 11.1 Å². The third kappa shape index (κ3) is 5.51. The van der Waals surface area contributed by atoms with Crippen LogP contribution in [0.1, 0.15) is 42.5 Å². The highest BCUT2D eigenvalue weighted by Gasteiger charge is 2.16. The van der Waals surface area contributed by atoms with Gasteiger partial charge in [0.25, 0.3) is 0 Å². The molecule has 42 heavy (non-hydrogen) atoms. The van der Waals surface area contributed by atoms with Gasteiger partial charge in [-0.25, -0.2) is 4.79 Å². The Hall–Kier alpha value is -4.89. The van der Waals surface area contributed by atoms with E-state index in [1.165, 1.54) is 30.6 Å². The van der Waals surface area contributed by atoms with Crippen LogP contribution in [0.2, 0.25) is 0 Å². The maximum atomic E-state index is 12.7. The minimum absolute atomic E-state index is 0.349. The van der Waals surface area contributed by atoms with E-state index in [0.717, 1.165) is 55.7 Å². The Bertz CT molecular complexity index is 1820. The van der Waals surface area contributed by atoms with Gasteiger partial charge in [-0.2, -0.15) is 0 Å². The third-order valence-corrected chi connectivity index (χ3v) is 8.48. The molecule has 9 heteroatoms. The number of benzene rings is 4. The van der Waals surface area contributed by atoms with Crippen molar-refractivity contribution in [2.75, 3.05) is 0 Å². The van der Waals surface area contributed by atoms with E-state index in [1.54, 1.807) is 24.3 Å². The second-order valence-corrected chi connectivity index (χ2v) is 11.3. The second-order valence-electron chi connectivity index (χ2n) is 10.3. The van der Waals surface area contributed by atoms with Gasteiger partial charge in [0.15, 0.2) is 0 Å². The monoisotopic (exact) mass is 573 g/mol. The summed E-state index contributed by atoms with van der Waals surface area (Å²) in [6, 6.07) is 31.1. The van der Waals surface area contributed by atoms with Gasteiger partial charge in [0.1, 0.15) is 26.8 Å². The van der Waals surface area contributed by atoms with Crippen molar-refractivity contribution < 1.29 is 14.4 Å². The summed E-state index contributed by atoms with van der Waals surface area (Å²) in [6.45, 7) is 0. The first-order valence-corrected chi connectivity index (χ1v) is 14.9. The number of carbonyl (C=O) groups is 1. The lowest BCUT2D eigenvalue weighted by molar-refractivity contribution is 0.0409. The summed E-state index contributed by atoms with van der Waals surface area (Å²) in [6.07, 6.45) is 6.50. The fourth-order valence-corrected chi connectivity index (χ4v) is 6.01. The van der Waals surface area contributed by atoms with E-state index >= 15 is 0 Å². The van der Waals surface area contributed by atoms with E-state index in [0.29, 0.717) is 22.7 Å². The van der Waals surface area contributed by atoms with Crippen molar-refractivity contribution in [3.05, 3.63) is 103 Å². The molecular formula is C33H27N5O3S. The minimum atomic E-state index is -0.526. The van der Waals surface area contributed by atoms with Crippen molar-refractivity contribution in [1.82, 2.24) is 25.4 Å². The van der Waals surface area contributed by atoms with Crippen LogP contribution in [0.4, 0.5) is 0 Å². The van der Waals surface area contributed by atoms with E-state index < -0.39 is 5.97 Å². The molecule has 2 heterocycles. The molecule has 0 amide bonds. The predicted molar refractivity (Wildman–Crippen MR) is 162 cm³/mol. The number of rotatable bonds is 7. The second kappa shape index (κ2) is 11.5. The number of aromatic nitrogens is 5. The van der Waals surface area contributed by atoms with Crippen molar-refractivity contribution in [2.45, 2.75) is 38.2 Å². The van der Waals surface area contributed by atoms with Crippen LogP contribution in [0, 0.1) is 0 Å². The number of fused-ring (bicyclic) bond motifs is 1. The highest BCUT2D eigenvalue weighted by Crippen LogP contribution is 2.32. The highest BCUT2D eigenvalue weighted by atomic mass is 32.1. The summed E-state index contributed by atoms with van der Waals surface area (Å²) in [5, 5.41) is 18.3. The van der Waals surface area contributed by atoms with Crippen LogP contribution >= 0.6 is 11.3 Å². The fraction of sp³-hybridized carbons (Fsp3) is 0.182. The molecule has 4 aromatic carbocycles. The maximum absolute atomic E-state index is 12.7. The van der Waals surface area contributed by atoms with E-state index in [4.69, 9.17) is 9.57 Å². The zero-order chi connectivity index (χ0) is 28.3. The molecule has 0 spiro atoms. The molecule has 0 saturated heterocycles. The lowest BCUT2D eigenvalue weighted by atomic mass is 9.98. The van der Waals surface area contributed by atoms with Crippen LogP contribution in [-0.2, 0) is 0 Å². The number of hydrogen-bond donors (Lipinski definition) is 0. The zero-order valence-corrected chi connectivity index (χ0v) is 23.5. The lowest BCUT2D eigenvalue weighted by Crippen LogP contribution is -2.20. The molecule has 8 nitrogen and oxygen atoms in total. The number of para-hydroxylation sites is 1. The van der Waals surface area contributed by atoms with Gasteiger partial charge < -0.3 is 9.57 Å². The van der Waals surface area contributed by atoms with Gasteiger partial charge in [0.2, 0.25) is 0 Å². The first-order valence-electron chi connectivity index (χ1n) is 14.0. The van der Waals surface area contributed by atoms with Crippen molar-refractivity contribution >= 4 is 28.3 Å². The zero-order valence-electron chi connectivity index (χ0n) is 22.7. The van der Waals surface area contributed by atoms with Crippen LogP contribution in [-0.4, -0.2) is 37.4 Å². The molecule has 0 aliphatic heterocycles. The van der Waals surface area contributed by atoms with Crippen molar-refractivity contribution in [1.29, 1.82) is 0 Å². The average molecular weight is 574 g/mol. The van der Waals surface area contributed by atoms with Crippen LogP contribution in [0.3, 0.4) is 0 Å². The van der Waals surface area contributed by atoms with Gasteiger partial charge in [-0.1, -0.05) is 83.3 Å². The standard InChI is InChI=1S/C33H27N5O3S/c39-33(41-38-30-9-5-4-8-29(30)34-37-38)26-16-14-25(15-17-26)32-36-35-31(42-32)24-12-10-22(11-13-24)23-18-20-28(21-19-23)40-27-6-2-1-3-7-27/h4-5,8-21,27H,1-3,6-7H2. The number of carbonyl (C=O) groups excluding carboxylic acids is 1. The van der Waals surface area contributed by atoms with Gasteiger partial charge >= 0.3 is 5.97 Å². The molecule has 1 fully saturated rings. The van der Waals surface area contributed by atoms with Crippen LogP contribution in [0.15, 0.2) is 97.1 Å². The fourth-order valence-electron chi connectivity index (χ4n) is 5.16. The molecule has 0 N–H and O–H groups in total. The smallest absolute Gasteiger partial charge is 0.365 e. The molecule has 1 aliphatic carbocycles. The SMILES string of the molecule is O=C(On1nnc2ccccc21)c1ccc(-c2nnc(-c3ccc(-c4ccc(OC5CCCCC5)cc4)cc3)s2)cc1. The Kier molecular flexibility index (Phi) is 7.15. The average Bonchev–Trinajstić information content (AvgIpc) is 3.70. The van der Waals surface area contributed by atoms with E-state index in [-0.39, 0.29) is 0 Å². The van der Waals surface area contributed by atoms with E-state index in [1.807, 2.05) is 24.3 Å². The molecule has 0 atom stereocenters. The first kappa shape index (κ1) is 26.0. The van der Waals surface area contributed by atoms with Crippen LogP contribution < -0.4 is 9.57 Å². The Morgan fingerprint density at radius 3 is 1.98 bits per heavy atom. The van der Waals surface area contributed by atoms with Crippen molar-refractivity contribution in [2.24, 2.45) is 0 Å². The quantitative estimate of drug-likeness (QED) is 0.186. The van der Waals surface area contributed by atoms with Gasteiger partial charge in [-0.05, 0) is 78.4 Å². The molecule has 1 saturated carbocycles. The summed E-state index contributed by atoms with van der Waals surface area (Å²) in [5.74, 6) is 0.416. The van der Waals surface area contributed by atoms with Gasteiger partial charge in [-0.3, -0.25) is 0 Å². The molecule has 0 bridgehead atoms. The minimum Gasteiger partial charge on any atom is -0.490 e. The normalized spacial score (nSPS) is 13.7. The van der Waals surface area contributed by atoms with E-state index in [9.17, 15) is 4.79 Å². The first-order chi connectivity index (χ1) is 20.7. The lowest BCUT2D eigenvalue weighted by Gasteiger charge is -2.23. The highest BCUT2D eigenvalue weighted by molar-refractivity contribution is 7.17. The van der Waals surface area contributed by atoms with Crippen LogP contribution in [0.5, 0.6) is 5.75 Å². The molecule has 7 rings (SSSR count). The molecule has 0 radical (unpaired) electrons. The Balaban J connectivity index is 1.00. The molecule has 208 valence electrons. The molecule has 0 unspecified atom stereocenters. The van der Waals surface area contributed by atoms with Crippen molar-refractivity contribution in [3.63, 3.8) is 0 Å². The molecular weight excluding hydrogens is 546 g/mol. The number of ether oxygens (including phenoxy) is 1. The van der Waals surface area contributed by atoms with E-state index in [2.05, 4.69) is 69.0 Å². The molecule has 1 aliphatic rings. The van der Waals surface area contributed by atoms with Crippen molar-refractivity contribution in [3.8, 4) is 38.0 Å². The number of hydrogen-bond acceptors (Lipinski definition) is 8. The Morgan fingerprint density at radius 1 is 0.690 bits per heavy atom. The van der Waals surface area contributed by atoms with Gasteiger partial charge in [0.05, 0.1) is 11.7 Å². The molecule has 6 aromatic rings. The summed E-state index contributed by atoms with van der Waals surface area (Å²) >= 11 is 1.50. The summed E-state index contributed by atoms with van der Waals surface area (Å²) in [4.78, 5) is 19.2. The molecule has 2 aromatic heterocycles. The Morgan fingerprint density at radius 2 is 1.29 bits per heavy atom. The summed E-state index contributed by atoms with van der Waals surface area (Å²) in [7, 11) is 0. The summed E-state index contributed by atoms with van der Waals surface area (Å²) < 4.78 is 6.17. The van der Waals surface area contributed by atoms with Crippen LogP contribution in [0.25, 0.3) is 43.3 Å². The van der Waals surface area contributed by atoms with Gasteiger partial charge in [-0.15, -0.1) is 15.3 Å². The number of nitrogens with zero attached hydrogens (tertiary/aromatic N) is 5. The maximum Gasteiger partial charge on any atom is 0.365 e. The summed E-state index contributed by atoms with van der Waals surface area (Å²) in [5.41, 5.74) is 5.81. The largest absolute Gasteiger partial charge is 0.490 e.